The van der Waals surface area contributed by atoms with Crippen molar-refractivity contribution in [2.45, 2.75) is 31.7 Å². The first-order chi connectivity index (χ1) is 9.76. The maximum Gasteiger partial charge on any atom is 0.132 e. The molecule has 2 aromatic rings. The average Bonchev–Trinajstić information content (AvgIpc) is 2.49. The first-order valence-corrected chi connectivity index (χ1v) is 7.40. The Bertz CT molecular complexity index is 595. The van der Waals surface area contributed by atoms with E-state index in [1.165, 1.54) is 29.7 Å². The number of aryl methyl sites for hydroxylation is 1. The predicted molar refractivity (Wildman–Crippen MR) is 81.0 cm³/mol. The molecule has 3 nitrogen and oxygen atoms in total. The smallest absolute Gasteiger partial charge is 0.132 e. The predicted octanol–water partition coefficient (Wildman–Crippen LogP) is 3.32. The number of hydrogen-bond donors (Lipinski definition) is 1. The molecule has 0 aliphatic heterocycles. The number of halogens is 1. The van der Waals surface area contributed by atoms with E-state index < -0.39 is 0 Å². The molecule has 0 saturated heterocycles. The van der Waals surface area contributed by atoms with Gasteiger partial charge in [-0.3, -0.25) is 0 Å². The van der Waals surface area contributed by atoms with Crippen molar-refractivity contribution in [1.82, 2.24) is 15.3 Å². The molecule has 1 unspecified atom stereocenters. The molecule has 1 aliphatic carbocycles. The van der Waals surface area contributed by atoms with Gasteiger partial charge in [-0.15, -0.1) is 0 Å². The van der Waals surface area contributed by atoms with Gasteiger partial charge in [0, 0.05) is 34.9 Å². The number of rotatable bonds is 3. The van der Waals surface area contributed by atoms with E-state index in [2.05, 4.69) is 10.3 Å². The molecule has 20 heavy (non-hydrogen) atoms. The normalized spacial score (nSPS) is 17.8. The van der Waals surface area contributed by atoms with E-state index in [0.29, 0.717) is 6.04 Å². The summed E-state index contributed by atoms with van der Waals surface area (Å²) >= 11 is 5.90. The standard InChI is InChI=1S/C16H18ClN3/c1-18-14-3-2-4-15-13(14)10-19-16(20-15)9-11-5-7-12(17)8-6-11/h5-8,10,14,18H,2-4,9H2,1H3. The maximum absolute atomic E-state index is 5.90. The third kappa shape index (κ3) is 2.84. The Morgan fingerprint density at radius 1 is 1.30 bits per heavy atom. The molecule has 1 atom stereocenters. The lowest BCUT2D eigenvalue weighted by molar-refractivity contribution is 0.485. The van der Waals surface area contributed by atoms with Gasteiger partial charge in [-0.1, -0.05) is 23.7 Å². The van der Waals surface area contributed by atoms with Crippen molar-refractivity contribution in [3.8, 4) is 0 Å². The minimum absolute atomic E-state index is 0.406. The first-order valence-electron chi connectivity index (χ1n) is 7.02. The summed E-state index contributed by atoms with van der Waals surface area (Å²) in [5.41, 5.74) is 3.66. The van der Waals surface area contributed by atoms with Crippen molar-refractivity contribution in [1.29, 1.82) is 0 Å². The fourth-order valence-corrected chi connectivity index (χ4v) is 2.88. The molecule has 104 valence electrons. The first kappa shape index (κ1) is 13.5. The summed E-state index contributed by atoms with van der Waals surface area (Å²) < 4.78 is 0. The van der Waals surface area contributed by atoms with E-state index in [1.54, 1.807) is 0 Å². The Kier molecular flexibility index (Phi) is 3.99. The summed E-state index contributed by atoms with van der Waals surface area (Å²) in [6, 6.07) is 8.28. The second-order valence-corrected chi connectivity index (χ2v) is 5.66. The number of nitrogens with one attached hydrogen (secondary N) is 1. The average molecular weight is 288 g/mol. The molecule has 0 saturated carbocycles. The Hall–Kier alpha value is -1.45. The van der Waals surface area contributed by atoms with Gasteiger partial charge in [0.2, 0.25) is 0 Å². The van der Waals surface area contributed by atoms with Gasteiger partial charge in [0.15, 0.2) is 0 Å². The Morgan fingerprint density at radius 2 is 2.10 bits per heavy atom. The van der Waals surface area contributed by atoms with E-state index in [1.807, 2.05) is 37.5 Å². The molecule has 3 rings (SSSR count). The minimum atomic E-state index is 0.406. The third-order valence-electron chi connectivity index (χ3n) is 3.86. The second-order valence-electron chi connectivity index (χ2n) is 5.22. The van der Waals surface area contributed by atoms with Crippen LogP contribution in [0.15, 0.2) is 30.5 Å². The zero-order chi connectivity index (χ0) is 13.9. The number of aromatic nitrogens is 2. The molecule has 1 aromatic heterocycles. The lowest BCUT2D eigenvalue weighted by atomic mass is 9.92. The Balaban J connectivity index is 1.83. The van der Waals surface area contributed by atoms with Crippen LogP contribution in [0.3, 0.4) is 0 Å². The SMILES string of the molecule is CNC1CCCc2nc(Cc3ccc(Cl)cc3)ncc21. The van der Waals surface area contributed by atoms with Crippen molar-refractivity contribution in [3.63, 3.8) is 0 Å². The number of nitrogens with zero attached hydrogens (tertiary/aromatic N) is 2. The van der Waals surface area contributed by atoms with Gasteiger partial charge in [0.1, 0.15) is 5.82 Å². The highest BCUT2D eigenvalue weighted by atomic mass is 35.5. The zero-order valence-corrected chi connectivity index (χ0v) is 12.3. The summed E-state index contributed by atoms with van der Waals surface area (Å²) in [7, 11) is 2.00. The zero-order valence-electron chi connectivity index (χ0n) is 11.6. The molecule has 1 aliphatic rings. The van der Waals surface area contributed by atoms with Crippen LogP contribution in [0.4, 0.5) is 0 Å². The molecule has 0 fully saturated rings. The van der Waals surface area contributed by atoms with Crippen LogP contribution in [0.5, 0.6) is 0 Å². The molecule has 1 heterocycles. The quantitative estimate of drug-likeness (QED) is 0.941. The van der Waals surface area contributed by atoms with Gasteiger partial charge in [-0.2, -0.15) is 0 Å². The highest BCUT2D eigenvalue weighted by molar-refractivity contribution is 6.30. The van der Waals surface area contributed by atoms with Crippen molar-refractivity contribution in [2.24, 2.45) is 0 Å². The highest BCUT2D eigenvalue weighted by Crippen LogP contribution is 2.27. The molecular formula is C16H18ClN3. The molecule has 1 aromatic carbocycles. The Morgan fingerprint density at radius 3 is 2.85 bits per heavy atom. The maximum atomic E-state index is 5.90. The van der Waals surface area contributed by atoms with Crippen LogP contribution in [-0.2, 0) is 12.8 Å². The van der Waals surface area contributed by atoms with Crippen molar-refractivity contribution in [2.75, 3.05) is 7.05 Å². The molecule has 0 bridgehead atoms. The highest BCUT2D eigenvalue weighted by Gasteiger charge is 2.20. The topological polar surface area (TPSA) is 37.8 Å². The Labute approximate surface area is 124 Å². The van der Waals surface area contributed by atoms with Crippen LogP contribution < -0.4 is 5.32 Å². The fourth-order valence-electron chi connectivity index (χ4n) is 2.76. The van der Waals surface area contributed by atoms with Crippen molar-refractivity contribution >= 4 is 11.6 Å². The molecule has 0 spiro atoms. The lowest BCUT2D eigenvalue weighted by Crippen LogP contribution is -2.23. The minimum Gasteiger partial charge on any atom is -0.313 e. The molecule has 0 radical (unpaired) electrons. The number of fused-ring (bicyclic) bond motifs is 1. The van der Waals surface area contributed by atoms with Gasteiger partial charge in [-0.25, -0.2) is 9.97 Å². The summed E-state index contributed by atoms with van der Waals surface area (Å²) in [6.45, 7) is 0. The molecule has 0 amide bonds. The van der Waals surface area contributed by atoms with E-state index in [-0.39, 0.29) is 0 Å². The van der Waals surface area contributed by atoms with Crippen LogP contribution in [0.1, 0.15) is 41.5 Å². The van der Waals surface area contributed by atoms with E-state index in [4.69, 9.17) is 16.6 Å². The van der Waals surface area contributed by atoms with Crippen LogP contribution in [0.25, 0.3) is 0 Å². The van der Waals surface area contributed by atoms with Crippen LogP contribution in [0, 0.1) is 0 Å². The summed E-state index contributed by atoms with van der Waals surface area (Å²) in [4.78, 5) is 9.27. The molecule has 1 N–H and O–H groups in total. The van der Waals surface area contributed by atoms with Crippen LogP contribution in [0.2, 0.25) is 5.02 Å². The summed E-state index contributed by atoms with van der Waals surface area (Å²) in [5.74, 6) is 0.892. The largest absolute Gasteiger partial charge is 0.313 e. The lowest BCUT2D eigenvalue weighted by Gasteiger charge is -2.24. The van der Waals surface area contributed by atoms with E-state index in [9.17, 15) is 0 Å². The summed E-state index contributed by atoms with van der Waals surface area (Å²) in [6.07, 6.45) is 6.17. The third-order valence-corrected chi connectivity index (χ3v) is 4.11. The molecular weight excluding hydrogens is 270 g/mol. The second kappa shape index (κ2) is 5.90. The van der Waals surface area contributed by atoms with Gasteiger partial charge in [0.05, 0.1) is 0 Å². The molecule has 4 heteroatoms. The van der Waals surface area contributed by atoms with Gasteiger partial charge in [0.25, 0.3) is 0 Å². The van der Waals surface area contributed by atoms with Gasteiger partial charge < -0.3 is 5.32 Å². The van der Waals surface area contributed by atoms with E-state index >= 15 is 0 Å². The van der Waals surface area contributed by atoms with Gasteiger partial charge in [-0.05, 0) is 44.0 Å². The van der Waals surface area contributed by atoms with E-state index in [0.717, 1.165) is 23.7 Å². The van der Waals surface area contributed by atoms with Gasteiger partial charge >= 0.3 is 0 Å². The van der Waals surface area contributed by atoms with Crippen LogP contribution >= 0.6 is 11.6 Å². The number of benzene rings is 1. The monoisotopic (exact) mass is 287 g/mol. The number of hydrogen-bond acceptors (Lipinski definition) is 3. The van der Waals surface area contributed by atoms with Crippen LogP contribution in [-0.4, -0.2) is 17.0 Å². The van der Waals surface area contributed by atoms with Crippen molar-refractivity contribution < 1.29 is 0 Å². The van der Waals surface area contributed by atoms with Crippen molar-refractivity contribution in [3.05, 3.63) is 58.1 Å². The fraction of sp³-hybridized carbons (Fsp3) is 0.375. The summed E-state index contributed by atoms with van der Waals surface area (Å²) in [5, 5.41) is 4.10.